The van der Waals surface area contributed by atoms with Crippen molar-refractivity contribution in [1.29, 1.82) is 0 Å². The fourth-order valence-corrected chi connectivity index (χ4v) is 17.3. The van der Waals surface area contributed by atoms with Crippen molar-refractivity contribution in [2.45, 2.75) is 20.6 Å². The Hall–Kier alpha value is -9.77. The molecule has 0 bridgehead atoms. The third kappa shape index (κ3) is 5.75. The highest BCUT2D eigenvalue weighted by Crippen LogP contribution is 2.36. The van der Waals surface area contributed by atoms with E-state index < -0.39 is 21.8 Å². The van der Waals surface area contributed by atoms with Crippen LogP contribution in [0.3, 0.4) is 0 Å². The molecule has 0 radical (unpaired) electrons. The second-order valence-corrected chi connectivity index (χ2v) is 23.6. The van der Waals surface area contributed by atoms with Crippen molar-refractivity contribution in [3.05, 3.63) is 247 Å². The molecule has 0 atom stereocenters. The maximum atomic E-state index is 8.46. The molecule has 6 heterocycles. The molecule has 16 aromatic rings. The van der Waals surface area contributed by atoms with Gasteiger partial charge in [0.1, 0.15) is 0 Å². The molecular weight excluding hydrogens is 947 g/mol. The van der Waals surface area contributed by atoms with Gasteiger partial charge in [-0.2, -0.15) is 0 Å². The van der Waals surface area contributed by atoms with E-state index in [0.29, 0.717) is 22.6 Å². The lowest BCUT2D eigenvalue weighted by atomic mass is 10.2. The van der Waals surface area contributed by atoms with Crippen LogP contribution in [0, 0.1) is 20.6 Å². The van der Waals surface area contributed by atoms with Gasteiger partial charge in [0.2, 0.25) is 17.3 Å². The number of nitrogens with zero attached hydrogens (tertiary/aromatic N) is 9. The van der Waals surface area contributed by atoms with E-state index in [1.165, 1.54) is 10.4 Å². The maximum Gasteiger partial charge on any atom is 0.220 e. The van der Waals surface area contributed by atoms with Gasteiger partial charge in [-0.05, 0) is 143 Å². The topological polar surface area (TPSA) is 66.7 Å². The molecule has 16 rings (SSSR count). The van der Waals surface area contributed by atoms with Crippen LogP contribution in [0.25, 0.3) is 101 Å². The Morgan fingerprint density at radius 2 is 0.658 bits per heavy atom. The molecule has 10 aromatic carbocycles. The number of aromatic nitrogens is 9. The quantitative estimate of drug-likeness (QED) is 0.118. The molecule has 360 valence electrons. The maximum absolute atomic E-state index is 8.46. The van der Waals surface area contributed by atoms with Gasteiger partial charge in [-0.3, -0.25) is 26.9 Å². The van der Waals surface area contributed by atoms with Crippen LogP contribution in [0.4, 0.5) is 0 Å². The zero-order valence-electron chi connectivity index (χ0n) is 47.0. The summed E-state index contributed by atoms with van der Waals surface area (Å²) in [5.41, 5.74) is 14.1. The van der Waals surface area contributed by atoms with E-state index in [4.69, 9.17) is 23.2 Å². The van der Waals surface area contributed by atoms with Crippen LogP contribution >= 0.6 is 0 Å². The van der Waals surface area contributed by atoms with Gasteiger partial charge < -0.3 is 0 Å². The van der Waals surface area contributed by atoms with Crippen molar-refractivity contribution in [2.24, 2.45) is 0 Å². The fraction of sp³-hybridized carbons (Fsp3) is 0.0455. The van der Waals surface area contributed by atoms with E-state index in [2.05, 4.69) is 204 Å². The number of imidazole rings is 6. The van der Waals surface area contributed by atoms with Gasteiger partial charge in [-0.15, -0.1) is 0 Å². The van der Waals surface area contributed by atoms with E-state index in [1.54, 1.807) is 24.3 Å². The van der Waals surface area contributed by atoms with E-state index >= 15 is 0 Å². The summed E-state index contributed by atoms with van der Waals surface area (Å²) in [5, 5.41) is 4.70. The Morgan fingerprint density at radius 3 is 1.13 bits per heavy atom. The monoisotopic (exact) mass is 999 g/mol. The second-order valence-electron chi connectivity index (χ2n) is 19.8. The van der Waals surface area contributed by atoms with Crippen LogP contribution in [-0.4, -0.2) is 49.9 Å². The molecule has 0 saturated carbocycles. The summed E-state index contributed by atoms with van der Waals surface area (Å²) < 4.78 is 63.6. The van der Waals surface area contributed by atoms with Crippen LogP contribution in [0.1, 0.15) is 24.9 Å². The smallest absolute Gasteiger partial charge is 0.220 e. The van der Waals surface area contributed by atoms with Gasteiger partial charge >= 0.3 is 0 Å². The molecule has 0 saturated heterocycles. The molecule has 6 aromatic heterocycles. The first-order valence-electron chi connectivity index (χ1n) is 28.5. The predicted octanol–water partition coefficient (Wildman–Crippen LogP) is 12.2. The van der Waals surface area contributed by atoms with Crippen LogP contribution < -0.4 is 20.7 Å². The molecule has 76 heavy (non-hydrogen) atoms. The van der Waals surface area contributed by atoms with Crippen molar-refractivity contribution in [2.75, 3.05) is 0 Å². The van der Waals surface area contributed by atoms with Crippen molar-refractivity contribution < 1.29 is 8.22 Å². The number of rotatable bonds is 7. The van der Waals surface area contributed by atoms with E-state index in [-0.39, 0.29) is 11.1 Å². The first-order valence-corrected chi connectivity index (χ1v) is 27.5. The first kappa shape index (κ1) is 37.0. The molecule has 0 aliphatic rings. The highest BCUT2D eigenvalue weighted by atomic mass is 28.3. The average molecular weight is 1000 g/mol. The van der Waals surface area contributed by atoms with Crippen molar-refractivity contribution >= 4 is 112 Å². The van der Waals surface area contributed by atoms with Gasteiger partial charge in [0.05, 0.1) is 71.9 Å². The Morgan fingerprint density at radius 1 is 0.303 bits per heavy atom. The lowest BCUT2D eigenvalue weighted by Crippen LogP contribution is -2.74. The number of hydrogen-bond donors (Lipinski definition) is 0. The predicted molar refractivity (Wildman–Crippen MR) is 314 cm³/mol. The summed E-state index contributed by atoms with van der Waals surface area (Å²) in [7, 11) is -3.30. The molecule has 0 unspecified atom stereocenters. The molecular formula is C66H47N9Si. The Balaban J connectivity index is 0.944. The van der Waals surface area contributed by atoms with Crippen molar-refractivity contribution in [1.82, 2.24) is 41.9 Å². The third-order valence-electron chi connectivity index (χ3n) is 15.7. The minimum absolute atomic E-state index is 0.215. The van der Waals surface area contributed by atoms with Crippen molar-refractivity contribution in [3.8, 4) is 17.1 Å². The first-order chi connectivity index (χ1) is 39.9. The minimum Gasteiger partial charge on any atom is -0.278 e. The molecule has 0 amide bonds. The Bertz CT molecular complexity index is 5250. The Labute approximate surface area is 445 Å². The summed E-state index contributed by atoms with van der Waals surface area (Å²) >= 11 is 0. The zero-order valence-corrected chi connectivity index (χ0v) is 42.0. The highest BCUT2D eigenvalue weighted by molar-refractivity contribution is 7.20. The normalized spacial score (nSPS) is 13.9. The van der Waals surface area contributed by atoms with E-state index in [0.717, 1.165) is 93.9 Å². The van der Waals surface area contributed by atoms with Gasteiger partial charge in [0, 0.05) is 19.6 Å². The fourth-order valence-electron chi connectivity index (χ4n) is 12.5. The number of aryl methyl sites for hydroxylation is 3. The lowest BCUT2D eigenvalue weighted by Gasteiger charge is -2.35. The van der Waals surface area contributed by atoms with Crippen LogP contribution in [0.5, 0.6) is 0 Å². The molecule has 10 heteroatoms. The number of benzene rings is 10. The Kier molecular flexibility index (Phi) is 7.73. The lowest BCUT2D eigenvalue weighted by molar-refractivity contribution is 1.11. The summed E-state index contributed by atoms with van der Waals surface area (Å²) in [4.78, 5) is 15.8. The zero-order chi connectivity index (χ0) is 55.4. The van der Waals surface area contributed by atoms with E-state index in [9.17, 15) is 0 Å². The average Bonchev–Trinajstić information content (AvgIpc) is 2.05. The number of para-hydroxylation sites is 7. The molecule has 0 spiro atoms. The summed E-state index contributed by atoms with van der Waals surface area (Å²) in [6.07, 6.45) is 0. The highest BCUT2D eigenvalue weighted by Gasteiger charge is 2.42. The molecule has 0 N–H and O–H groups in total. The largest absolute Gasteiger partial charge is 0.278 e. The summed E-state index contributed by atoms with van der Waals surface area (Å²) in [5.74, 6) is 2.00. The van der Waals surface area contributed by atoms with Gasteiger partial charge in [0.25, 0.3) is 0 Å². The third-order valence-corrected chi connectivity index (χ3v) is 20.5. The summed E-state index contributed by atoms with van der Waals surface area (Å²) in [6.45, 7) is -2.60. The SMILES string of the molecule is [2H]C([2H])([2H])c1cccc2c1nc1n(-c3cccc([Si](c4ccccc4)(c4ccccc4)c4cccc(-n5c6ccc(-n7c8ccccc8n8c9cccc(C([2H])([2H])[2H])c9nc78)cc6n6c7cccc(C)c7nc56)c4)c3)c3ccccc3n21. The van der Waals surface area contributed by atoms with Gasteiger partial charge in [-0.25, -0.2) is 15.0 Å². The van der Waals surface area contributed by atoms with Crippen LogP contribution in [0.2, 0.25) is 0 Å². The van der Waals surface area contributed by atoms with Crippen LogP contribution in [0.15, 0.2) is 231 Å². The molecule has 9 nitrogen and oxygen atoms in total. The standard InChI is InChI=1S/C66H47N9Si/c1-42-19-14-34-57-61(42)67-64-70(52-30-10-12-32-54(52)73(57)64)45-22-17-28-50(39-45)76(48-24-6-4-7-25-48,49-26-8-5-9-27-49)51-29-18-23-46(40-51)71-56-38-37-47(41-60(56)75-59-36-16-21-44(3)63(59)69-66(71)75)72-53-31-11-13-33-55(53)74-58-35-15-20-43(2)62(58)68-65(72)74/h4-41H,1-3H3/i1D3,2D3. The second kappa shape index (κ2) is 15.9. The molecule has 0 aliphatic carbocycles. The summed E-state index contributed by atoms with van der Waals surface area (Å²) in [6, 6.07) is 79.6. The molecule has 0 fully saturated rings. The van der Waals surface area contributed by atoms with Crippen LogP contribution in [-0.2, 0) is 0 Å². The molecule has 0 aliphatic heterocycles. The number of fused-ring (bicyclic) bond motifs is 15. The van der Waals surface area contributed by atoms with Gasteiger partial charge in [-0.1, -0.05) is 146 Å². The van der Waals surface area contributed by atoms with Gasteiger partial charge in [0.15, 0.2) is 8.07 Å². The minimum atomic E-state index is -3.30. The van der Waals surface area contributed by atoms with E-state index in [1.807, 2.05) is 36.4 Å². The van der Waals surface area contributed by atoms with Crippen molar-refractivity contribution in [3.63, 3.8) is 0 Å². The number of hydrogen-bond acceptors (Lipinski definition) is 3.